The average Bonchev–Trinajstić information content (AvgIpc) is 2.19. The minimum absolute atomic E-state index is 0.563. The number of hydrogen-bond acceptors (Lipinski definition) is 1. The second-order valence-electron chi connectivity index (χ2n) is 3.76. The standard InChI is InChI=1S/C12H18ClN/c1-4-10(3)14-8-11-7-12(13)6-5-9(11)2/h5-7,10,14H,4,8H2,1-3H3. The fraction of sp³-hybridized carbons (Fsp3) is 0.500. The normalized spacial score (nSPS) is 12.9. The van der Waals surface area contributed by atoms with Crippen molar-refractivity contribution in [2.75, 3.05) is 0 Å². The molecule has 1 N–H and O–H groups in total. The summed E-state index contributed by atoms with van der Waals surface area (Å²) in [6.07, 6.45) is 1.15. The van der Waals surface area contributed by atoms with Crippen molar-refractivity contribution in [3.63, 3.8) is 0 Å². The van der Waals surface area contributed by atoms with Crippen LogP contribution in [0, 0.1) is 6.92 Å². The van der Waals surface area contributed by atoms with Crippen molar-refractivity contribution in [1.29, 1.82) is 0 Å². The van der Waals surface area contributed by atoms with Gasteiger partial charge in [0.05, 0.1) is 0 Å². The van der Waals surface area contributed by atoms with Crippen LogP contribution in [0.15, 0.2) is 18.2 Å². The molecule has 0 saturated heterocycles. The number of aryl methyl sites for hydroxylation is 1. The number of nitrogens with one attached hydrogen (secondary N) is 1. The minimum atomic E-state index is 0.563. The average molecular weight is 212 g/mol. The van der Waals surface area contributed by atoms with Gasteiger partial charge in [0, 0.05) is 17.6 Å². The molecule has 0 aliphatic rings. The number of halogens is 1. The number of benzene rings is 1. The Labute approximate surface area is 91.5 Å². The molecule has 0 fully saturated rings. The molecule has 0 amide bonds. The van der Waals surface area contributed by atoms with E-state index in [2.05, 4.69) is 32.2 Å². The van der Waals surface area contributed by atoms with Crippen molar-refractivity contribution in [3.8, 4) is 0 Å². The van der Waals surface area contributed by atoms with Crippen LogP contribution in [-0.2, 0) is 6.54 Å². The first-order chi connectivity index (χ1) is 6.63. The lowest BCUT2D eigenvalue weighted by atomic mass is 10.1. The summed E-state index contributed by atoms with van der Waals surface area (Å²) in [5.41, 5.74) is 2.59. The number of rotatable bonds is 4. The Morgan fingerprint density at radius 1 is 1.43 bits per heavy atom. The van der Waals surface area contributed by atoms with Crippen molar-refractivity contribution in [2.45, 2.75) is 39.8 Å². The third-order valence-corrected chi connectivity index (χ3v) is 2.80. The van der Waals surface area contributed by atoms with Crippen LogP contribution in [0.4, 0.5) is 0 Å². The van der Waals surface area contributed by atoms with Crippen molar-refractivity contribution >= 4 is 11.6 Å². The van der Waals surface area contributed by atoms with Crippen molar-refractivity contribution in [1.82, 2.24) is 5.32 Å². The van der Waals surface area contributed by atoms with Crippen LogP contribution < -0.4 is 5.32 Å². The lowest BCUT2D eigenvalue weighted by molar-refractivity contribution is 0.533. The van der Waals surface area contributed by atoms with E-state index < -0.39 is 0 Å². The molecule has 1 aromatic carbocycles. The summed E-state index contributed by atoms with van der Waals surface area (Å²) in [5.74, 6) is 0. The molecule has 0 bridgehead atoms. The van der Waals surface area contributed by atoms with Gasteiger partial charge in [0.15, 0.2) is 0 Å². The summed E-state index contributed by atoms with van der Waals surface area (Å²) >= 11 is 5.94. The van der Waals surface area contributed by atoms with E-state index in [4.69, 9.17) is 11.6 Å². The van der Waals surface area contributed by atoms with Crippen molar-refractivity contribution < 1.29 is 0 Å². The van der Waals surface area contributed by atoms with E-state index in [-0.39, 0.29) is 0 Å². The third-order valence-electron chi connectivity index (χ3n) is 2.56. The zero-order valence-electron chi connectivity index (χ0n) is 9.10. The summed E-state index contributed by atoms with van der Waals surface area (Å²) in [5, 5.41) is 4.27. The fourth-order valence-corrected chi connectivity index (χ4v) is 1.45. The van der Waals surface area contributed by atoms with Crippen LogP contribution in [0.3, 0.4) is 0 Å². The molecule has 78 valence electrons. The molecule has 1 aromatic rings. The third kappa shape index (κ3) is 3.32. The fourth-order valence-electron chi connectivity index (χ4n) is 1.26. The highest BCUT2D eigenvalue weighted by Gasteiger charge is 2.01. The topological polar surface area (TPSA) is 12.0 Å². The monoisotopic (exact) mass is 211 g/mol. The first-order valence-corrected chi connectivity index (χ1v) is 5.49. The summed E-state index contributed by atoms with van der Waals surface area (Å²) in [6, 6.07) is 6.60. The smallest absolute Gasteiger partial charge is 0.0409 e. The van der Waals surface area contributed by atoms with E-state index in [1.165, 1.54) is 11.1 Å². The first kappa shape index (κ1) is 11.5. The molecule has 1 unspecified atom stereocenters. The van der Waals surface area contributed by atoms with Crippen LogP contribution in [0.25, 0.3) is 0 Å². The highest BCUT2D eigenvalue weighted by molar-refractivity contribution is 6.30. The van der Waals surface area contributed by atoms with Gasteiger partial charge in [-0.2, -0.15) is 0 Å². The molecular weight excluding hydrogens is 194 g/mol. The van der Waals surface area contributed by atoms with Gasteiger partial charge in [-0.25, -0.2) is 0 Å². The van der Waals surface area contributed by atoms with Gasteiger partial charge in [0.1, 0.15) is 0 Å². The second-order valence-corrected chi connectivity index (χ2v) is 4.20. The largest absolute Gasteiger partial charge is 0.310 e. The van der Waals surface area contributed by atoms with E-state index in [0.717, 1.165) is 18.0 Å². The van der Waals surface area contributed by atoms with Crippen LogP contribution in [0.2, 0.25) is 5.02 Å². The van der Waals surface area contributed by atoms with Crippen LogP contribution in [0.1, 0.15) is 31.4 Å². The summed E-state index contributed by atoms with van der Waals surface area (Å²) < 4.78 is 0. The maximum absolute atomic E-state index is 5.94. The highest BCUT2D eigenvalue weighted by atomic mass is 35.5. The molecule has 0 saturated carbocycles. The molecule has 1 nitrogen and oxygen atoms in total. The molecule has 0 aliphatic heterocycles. The molecule has 1 atom stereocenters. The molecule has 2 heteroatoms. The molecule has 0 aromatic heterocycles. The Morgan fingerprint density at radius 3 is 2.79 bits per heavy atom. The first-order valence-electron chi connectivity index (χ1n) is 5.12. The van der Waals surface area contributed by atoms with E-state index >= 15 is 0 Å². The summed E-state index contributed by atoms with van der Waals surface area (Å²) in [6.45, 7) is 7.40. The van der Waals surface area contributed by atoms with Crippen molar-refractivity contribution in [3.05, 3.63) is 34.3 Å². The predicted molar refractivity (Wildman–Crippen MR) is 62.8 cm³/mol. The Morgan fingerprint density at radius 2 is 2.14 bits per heavy atom. The van der Waals surface area contributed by atoms with Crippen LogP contribution in [-0.4, -0.2) is 6.04 Å². The van der Waals surface area contributed by atoms with Gasteiger partial charge in [0.25, 0.3) is 0 Å². The van der Waals surface area contributed by atoms with Crippen molar-refractivity contribution in [2.24, 2.45) is 0 Å². The Balaban J connectivity index is 2.62. The zero-order chi connectivity index (χ0) is 10.6. The Bertz CT molecular complexity index is 296. The molecule has 0 aliphatic carbocycles. The zero-order valence-corrected chi connectivity index (χ0v) is 9.86. The van der Waals surface area contributed by atoms with Gasteiger partial charge in [-0.3, -0.25) is 0 Å². The minimum Gasteiger partial charge on any atom is -0.310 e. The lowest BCUT2D eigenvalue weighted by Crippen LogP contribution is -2.24. The summed E-state index contributed by atoms with van der Waals surface area (Å²) in [7, 11) is 0. The second kappa shape index (κ2) is 5.38. The molecule has 14 heavy (non-hydrogen) atoms. The van der Waals surface area contributed by atoms with E-state index in [1.807, 2.05) is 12.1 Å². The van der Waals surface area contributed by atoms with Gasteiger partial charge in [-0.1, -0.05) is 24.6 Å². The molecule has 0 heterocycles. The quantitative estimate of drug-likeness (QED) is 0.804. The van der Waals surface area contributed by atoms with Gasteiger partial charge >= 0.3 is 0 Å². The SMILES string of the molecule is CCC(C)NCc1cc(Cl)ccc1C. The maximum Gasteiger partial charge on any atom is 0.0409 e. The van der Waals surface area contributed by atoms with Gasteiger partial charge in [-0.05, 0) is 43.5 Å². The van der Waals surface area contributed by atoms with Gasteiger partial charge in [0.2, 0.25) is 0 Å². The number of hydrogen-bond donors (Lipinski definition) is 1. The Kier molecular flexibility index (Phi) is 4.43. The van der Waals surface area contributed by atoms with Gasteiger partial charge in [-0.15, -0.1) is 0 Å². The highest BCUT2D eigenvalue weighted by Crippen LogP contribution is 2.15. The molecular formula is C12H18ClN. The van der Waals surface area contributed by atoms with E-state index in [1.54, 1.807) is 0 Å². The molecule has 0 radical (unpaired) electrons. The maximum atomic E-state index is 5.94. The lowest BCUT2D eigenvalue weighted by Gasteiger charge is -2.12. The van der Waals surface area contributed by atoms with E-state index in [9.17, 15) is 0 Å². The van der Waals surface area contributed by atoms with Crippen LogP contribution in [0.5, 0.6) is 0 Å². The van der Waals surface area contributed by atoms with Crippen LogP contribution >= 0.6 is 11.6 Å². The molecule has 0 spiro atoms. The molecule has 1 rings (SSSR count). The van der Waals surface area contributed by atoms with E-state index in [0.29, 0.717) is 6.04 Å². The summed E-state index contributed by atoms with van der Waals surface area (Å²) in [4.78, 5) is 0. The predicted octanol–water partition coefficient (Wildman–Crippen LogP) is 3.54. The Hall–Kier alpha value is -0.530. The van der Waals surface area contributed by atoms with Gasteiger partial charge < -0.3 is 5.32 Å².